The van der Waals surface area contributed by atoms with Crippen LogP contribution in [0.4, 0.5) is 5.69 Å². The zero-order chi connectivity index (χ0) is 11.0. The molecule has 0 radical (unpaired) electrons. The van der Waals surface area contributed by atoms with Gasteiger partial charge in [0.25, 0.3) is 5.91 Å². The maximum Gasteiger partial charge on any atom is 0.251 e. The van der Waals surface area contributed by atoms with Crippen molar-refractivity contribution in [2.24, 2.45) is 5.92 Å². The summed E-state index contributed by atoms with van der Waals surface area (Å²) in [6.45, 7) is 4.01. The molecular formula is C12H16N2O. The average molecular weight is 204 g/mol. The number of benzene rings is 1. The van der Waals surface area contributed by atoms with Gasteiger partial charge in [0.15, 0.2) is 0 Å². The van der Waals surface area contributed by atoms with E-state index in [1.807, 2.05) is 25.1 Å². The van der Waals surface area contributed by atoms with Gasteiger partial charge in [0.1, 0.15) is 0 Å². The molecule has 1 aliphatic carbocycles. The maximum atomic E-state index is 11.8. The lowest BCUT2D eigenvalue weighted by Gasteiger charge is -2.08. The Morgan fingerprint density at radius 2 is 2.20 bits per heavy atom. The lowest BCUT2D eigenvalue weighted by molar-refractivity contribution is 0.0949. The highest BCUT2D eigenvalue weighted by atomic mass is 16.1. The van der Waals surface area contributed by atoms with Crippen LogP contribution in [-0.2, 0) is 0 Å². The van der Waals surface area contributed by atoms with E-state index >= 15 is 0 Å². The standard InChI is InChI=1S/C12H16N2O/c1-7-6-11(7)14-12(15)9-4-3-5-10(13)8(9)2/h3-5,7,11H,6,13H2,1-2H3,(H,14,15). The van der Waals surface area contributed by atoms with Crippen molar-refractivity contribution in [1.29, 1.82) is 0 Å². The molecule has 3 nitrogen and oxygen atoms in total. The molecule has 3 N–H and O–H groups in total. The van der Waals surface area contributed by atoms with Gasteiger partial charge in [-0.25, -0.2) is 0 Å². The third-order valence-electron chi connectivity index (χ3n) is 3.05. The van der Waals surface area contributed by atoms with Crippen LogP contribution in [0.15, 0.2) is 18.2 Å². The van der Waals surface area contributed by atoms with E-state index in [0.717, 1.165) is 12.0 Å². The number of hydrogen-bond donors (Lipinski definition) is 2. The Morgan fingerprint density at radius 3 is 2.80 bits per heavy atom. The van der Waals surface area contributed by atoms with Crippen LogP contribution >= 0.6 is 0 Å². The molecule has 15 heavy (non-hydrogen) atoms. The van der Waals surface area contributed by atoms with Gasteiger partial charge >= 0.3 is 0 Å². The smallest absolute Gasteiger partial charge is 0.251 e. The van der Waals surface area contributed by atoms with Gasteiger partial charge in [-0.1, -0.05) is 13.0 Å². The molecule has 0 bridgehead atoms. The third kappa shape index (κ3) is 1.96. The molecule has 0 saturated heterocycles. The number of rotatable bonds is 2. The number of nitrogens with two attached hydrogens (primary N) is 1. The number of carbonyl (C=O) groups excluding carboxylic acids is 1. The normalized spacial score (nSPS) is 23.6. The van der Waals surface area contributed by atoms with E-state index in [1.165, 1.54) is 0 Å². The van der Waals surface area contributed by atoms with Crippen molar-refractivity contribution in [3.63, 3.8) is 0 Å². The molecule has 0 aliphatic heterocycles. The molecule has 1 aliphatic rings. The Morgan fingerprint density at radius 1 is 1.53 bits per heavy atom. The van der Waals surface area contributed by atoms with E-state index in [2.05, 4.69) is 12.2 Å². The second kappa shape index (κ2) is 3.57. The molecule has 2 rings (SSSR count). The summed E-state index contributed by atoms with van der Waals surface area (Å²) in [6.07, 6.45) is 1.09. The zero-order valence-corrected chi connectivity index (χ0v) is 9.08. The van der Waals surface area contributed by atoms with Gasteiger partial charge in [0.2, 0.25) is 0 Å². The van der Waals surface area contributed by atoms with Crippen LogP contribution in [0.1, 0.15) is 29.3 Å². The molecule has 0 aromatic heterocycles. The number of hydrogen-bond acceptors (Lipinski definition) is 2. The fourth-order valence-electron chi connectivity index (χ4n) is 1.67. The number of carbonyl (C=O) groups is 1. The summed E-state index contributed by atoms with van der Waals surface area (Å²) in [5.74, 6) is 0.615. The van der Waals surface area contributed by atoms with Crippen LogP contribution in [0.2, 0.25) is 0 Å². The monoisotopic (exact) mass is 204 g/mol. The largest absolute Gasteiger partial charge is 0.398 e. The number of nitrogens with one attached hydrogen (secondary N) is 1. The van der Waals surface area contributed by atoms with Crippen LogP contribution in [0.3, 0.4) is 0 Å². The van der Waals surface area contributed by atoms with Crippen LogP contribution in [0.5, 0.6) is 0 Å². The highest BCUT2D eigenvalue weighted by Crippen LogP contribution is 2.29. The number of anilines is 1. The van der Waals surface area contributed by atoms with Gasteiger partial charge < -0.3 is 11.1 Å². The molecule has 0 heterocycles. The second-order valence-corrected chi connectivity index (χ2v) is 4.31. The first-order valence-corrected chi connectivity index (χ1v) is 5.25. The first-order chi connectivity index (χ1) is 7.09. The minimum absolute atomic E-state index is 0.00542. The van der Waals surface area contributed by atoms with Gasteiger partial charge in [-0.15, -0.1) is 0 Å². The zero-order valence-electron chi connectivity index (χ0n) is 9.08. The fourth-order valence-corrected chi connectivity index (χ4v) is 1.67. The highest BCUT2D eigenvalue weighted by molar-refractivity contribution is 5.97. The van der Waals surface area contributed by atoms with Gasteiger partial charge in [-0.3, -0.25) is 4.79 Å². The summed E-state index contributed by atoms with van der Waals surface area (Å²) >= 11 is 0. The lowest BCUT2D eigenvalue weighted by atomic mass is 10.1. The molecule has 1 aromatic carbocycles. The molecule has 1 aromatic rings. The van der Waals surface area contributed by atoms with Gasteiger partial charge in [0.05, 0.1) is 0 Å². The SMILES string of the molecule is Cc1c(N)cccc1C(=O)NC1CC1C. The second-order valence-electron chi connectivity index (χ2n) is 4.31. The van der Waals surface area contributed by atoms with E-state index in [0.29, 0.717) is 23.2 Å². The molecule has 2 unspecified atom stereocenters. The first kappa shape index (κ1) is 10.0. The molecule has 80 valence electrons. The quantitative estimate of drug-likeness (QED) is 0.721. The Labute approximate surface area is 89.7 Å². The minimum Gasteiger partial charge on any atom is -0.398 e. The van der Waals surface area contributed by atoms with E-state index in [1.54, 1.807) is 0 Å². The van der Waals surface area contributed by atoms with Crippen molar-refractivity contribution in [1.82, 2.24) is 5.32 Å². The average Bonchev–Trinajstić information content (AvgIpc) is 2.86. The molecule has 0 spiro atoms. The van der Waals surface area contributed by atoms with Crippen molar-refractivity contribution in [2.45, 2.75) is 26.3 Å². The van der Waals surface area contributed by atoms with Crippen LogP contribution in [0.25, 0.3) is 0 Å². The van der Waals surface area contributed by atoms with Crippen molar-refractivity contribution < 1.29 is 4.79 Å². The minimum atomic E-state index is -0.00542. The Kier molecular flexibility index (Phi) is 2.39. The van der Waals surface area contributed by atoms with Gasteiger partial charge in [-0.2, -0.15) is 0 Å². The lowest BCUT2D eigenvalue weighted by Crippen LogP contribution is -2.27. The summed E-state index contributed by atoms with van der Waals surface area (Å²) in [5, 5.41) is 2.99. The summed E-state index contributed by atoms with van der Waals surface area (Å²) in [7, 11) is 0. The van der Waals surface area contributed by atoms with E-state index < -0.39 is 0 Å². The van der Waals surface area contributed by atoms with Gasteiger partial charge in [-0.05, 0) is 37.0 Å². The fraction of sp³-hybridized carbons (Fsp3) is 0.417. The Hall–Kier alpha value is -1.51. The Balaban J connectivity index is 2.14. The predicted molar refractivity (Wildman–Crippen MR) is 60.6 cm³/mol. The number of amides is 1. The highest BCUT2D eigenvalue weighted by Gasteiger charge is 2.34. The van der Waals surface area contributed by atoms with Crippen molar-refractivity contribution >= 4 is 11.6 Å². The first-order valence-electron chi connectivity index (χ1n) is 5.25. The van der Waals surface area contributed by atoms with Crippen LogP contribution in [0, 0.1) is 12.8 Å². The summed E-state index contributed by atoms with van der Waals surface area (Å²) in [4.78, 5) is 11.8. The molecular weight excluding hydrogens is 188 g/mol. The van der Waals surface area contributed by atoms with E-state index in [-0.39, 0.29) is 5.91 Å². The summed E-state index contributed by atoms with van der Waals surface area (Å²) in [5.41, 5.74) is 7.98. The maximum absolute atomic E-state index is 11.8. The predicted octanol–water partition coefficient (Wildman–Crippen LogP) is 1.72. The number of nitrogen functional groups attached to an aromatic ring is 1. The third-order valence-corrected chi connectivity index (χ3v) is 3.05. The van der Waals surface area contributed by atoms with Crippen molar-refractivity contribution in [3.8, 4) is 0 Å². The van der Waals surface area contributed by atoms with Crippen molar-refractivity contribution in [2.75, 3.05) is 5.73 Å². The molecule has 1 fully saturated rings. The van der Waals surface area contributed by atoms with E-state index in [4.69, 9.17) is 5.73 Å². The molecule has 1 saturated carbocycles. The summed E-state index contributed by atoms with van der Waals surface area (Å²) < 4.78 is 0. The van der Waals surface area contributed by atoms with Crippen LogP contribution in [-0.4, -0.2) is 11.9 Å². The molecule has 3 heteroatoms. The summed E-state index contributed by atoms with van der Waals surface area (Å²) in [6, 6.07) is 5.80. The topological polar surface area (TPSA) is 55.1 Å². The van der Waals surface area contributed by atoms with E-state index in [9.17, 15) is 4.79 Å². The molecule has 1 amide bonds. The van der Waals surface area contributed by atoms with Crippen molar-refractivity contribution in [3.05, 3.63) is 29.3 Å². The Bertz CT molecular complexity index is 401. The van der Waals surface area contributed by atoms with Gasteiger partial charge in [0, 0.05) is 17.3 Å². The molecule has 2 atom stereocenters. The van der Waals surface area contributed by atoms with Crippen LogP contribution < -0.4 is 11.1 Å².